The fourth-order valence-corrected chi connectivity index (χ4v) is 2.44. The highest BCUT2D eigenvalue weighted by atomic mass is 31.2. The zero-order valence-corrected chi connectivity index (χ0v) is 16.0. The first-order chi connectivity index (χ1) is 11.3. The van der Waals surface area contributed by atoms with Crippen molar-refractivity contribution in [3.8, 4) is 0 Å². The molecule has 0 aromatic heterocycles. The Bertz CT molecular complexity index is 273. The number of phosphoric acid groups is 1. The smallest absolute Gasteiger partial charge is 0.395 e. The molecule has 5 N–H and O–H groups in total. The summed E-state index contributed by atoms with van der Waals surface area (Å²) in [5, 5.41) is 17.8. The normalized spacial score (nSPS) is 11.5. The summed E-state index contributed by atoms with van der Waals surface area (Å²) >= 11 is 0. The predicted octanol–water partition coefficient (Wildman–Crippen LogP) is 2.27. The van der Waals surface area contributed by atoms with Gasteiger partial charge in [-0.3, -0.25) is 4.90 Å². The second-order valence-electron chi connectivity index (χ2n) is 5.98. The first-order valence-electron chi connectivity index (χ1n) is 9.07. The van der Waals surface area contributed by atoms with E-state index in [2.05, 4.69) is 11.8 Å². The fourth-order valence-electron chi connectivity index (χ4n) is 2.44. The molecule has 0 aromatic rings. The third kappa shape index (κ3) is 29.9. The van der Waals surface area contributed by atoms with Crippen LogP contribution in [-0.2, 0) is 4.57 Å². The van der Waals surface area contributed by atoms with Crippen molar-refractivity contribution < 1.29 is 29.5 Å². The highest BCUT2D eigenvalue weighted by Crippen LogP contribution is 2.25. The lowest BCUT2D eigenvalue weighted by atomic mass is 10.1. The average Bonchev–Trinajstić information content (AvgIpc) is 2.48. The Morgan fingerprint density at radius 3 is 1.33 bits per heavy atom. The average molecular weight is 371 g/mol. The highest BCUT2D eigenvalue weighted by Gasteiger charge is 2.02. The maximum atomic E-state index is 8.90. The number of nitrogens with zero attached hydrogens (tertiary/aromatic N) is 1. The number of hydrogen-bond acceptors (Lipinski definition) is 4. The summed E-state index contributed by atoms with van der Waals surface area (Å²) in [6.07, 6.45) is 13.5. The van der Waals surface area contributed by atoms with Gasteiger partial charge in [0.1, 0.15) is 0 Å². The molecule has 0 spiro atoms. The number of aliphatic hydroxyl groups excluding tert-OH is 2. The van der Waals surface area contributed by atoms with Crippen LogP contribution in [0.1, 0.15) is 71.1 Å². The molecule has 0 amide bonds. The third-order valence-corrected chi connectivity index (χ3v) is 3.66. The van der Waals surface area contributed by atoms with Gasteiger partial charge in [-0.05, 0) is 13.0 Å². The zero-order chi connectivity index (χ0) is 18.7. The van der Waals surface area contributed by atoms with Gasteiger partial charge < -0.3 is 24.9 Å². The molecule has 0 aromatic carbocycles. The Morgan fingerprint density at radius 1 is 0.667 bits per heavy atom. The van der Waals surface area contributed by atoms with Crippen LogP contribution in [0.4, 0.5) is 0 Å². The van der Waals surface area contributed by atoms with Crippen molar-refractivity contribution in [1.29, 1.82) is 0 Å². The van der Waals surface area contributed by atoms with E-state index in [1.165, 1.54) is 64.2 Å². The molecule has 0 radical (unpaired) electrons. The maximum Gasteiger partial charge on any atom is 0.466 e. The van der Waals surface area contributed by atoms with Gasteiger partial charge in [-0.15, -0.1) is 0 Å². The van der Waals surface area contributed by atoms with E-state index in [1.54, 1.807) is 0 Å². The van der Waals surface area contributed by atoms with Crippen LogP contribution in [0.25, 0.3) is 0 Å². The summed E-state index contributed by atoms with van der Waals surface area (Å²) in [6.45, 7) is 5.04. The molecule has 0 aliphatic rings. The first kappa shape index (κ1) is 26.2. The zero-order valence-electron chi connectivity index (χ0n) is 15.1. The minimum Gasteiger partial charge on any atom is -0.395 e. The van der Waals surface area contributed by atoms with Crippen LogP contribution >= 0.6 is 7.82 Å². The van der Waals surface area contributed by atoms with E-state index in [1.807, 2.05) is 0 Å². The molecule has 0 saturated heterocycles. The van der Waals surface area contributed by atoms with Gasteiger partial charge in [0.15, 0.2) is 0 Å². The lowest BCUT2D eigenvalue weighted by Gasteiger charge is -2.19. The molecular formula is C16H38NO6P. The molecule has 0 bridgehead atoms. The Labute approximate surface area is 146 Å². The van der Waals surface area contributed by atoms with Gasteiger partial charge in [0.25, 0.3) is 0 Å². The minimum atomic E-state index is -4.64. The molecule has 0 rings (SSSR count). The number of hydrogen-bond donors (Lipinski definition) is 5. The van der Waals surface area contributed by atoms with Gasteiger partial charge in [-0.25, -0.2) is 4.57 Å². The van der Waals surface area contributed by atoms with E-state index >= 15 is 0 Å². The Hall–Kier alpha value is -0.0100. The Kier molecular flexibility index (Phi) is 21.1. The SMILES string of the molecule is CCCCCCCCCCCCN(CCO)CCO.O=P(O)(O)O. The second kappa shape index (κ2) is 19.3. The van der Waals surface area contributed by atoms with Crippen LogP contribution in [0.15, 0.2) is 0 Å². The van der Waals surface area contributed by atoms with E-state index < -0.39 is 7.82 Å². The number of unbranched alkanes of at least 4 members (excludes halogenated alkanes) is 9. The van der Waals surface area contributed by atoms with Crippen LogP contribution in [0.2, 0.25) is 0 Å². The lowest BCUT2D eigenvalue weighted by Crippen LogP contribution is -2.30. The Morgan fingerprint density at radius 2 is 1.00 bits per heavy atom. The van der Waals surface area contributed by atoms with Crippen molar-refractivity contribution in [2.45, 2.75) is 71.1 Å². The number of rotatable bonds is 15. The van der Waals surface area contributed by atoms with Crippen LogP contribution in [0.3, 0.4) is 0 Å². The topological polar surface area (TPSA) is 121 Å². The minimum absolute atomic E-state index is 0.192. The molecule has 0 unspecified atom stereocenters. The standard InChI is InChI=1S/C16H35NO2.H3O4P/c1-2-3-4-5-6-7-8-9-10-11-12-17(13-15-18)14-16-19;1-5(2,3)4/h18-19H,2-16H2,1H3;(H3,1,2,3,4). The molecule has 0 fully saturated rings. The highest BCUT2D eigenvalue weighted by molar-refractivity contribution is 7.45. The fraction of sp³-hybridized carbons (Fsp3) is 1.00. The van der Waals surface area contributed by atoms with E-state index in [9.17, 15) is 0 Å². The molecule has 0 aliphatic carbocycles. The van der Waals surface area contributed by atoms with Gasteiger partial charge in [0.2, 0.25) is 0 Å². The molecule has 8 heteroatoms. The van der Waals surface area contributed by atoms with Gasteiger partial charge >= 0.3 is 7.82 Å². The van der Waals surface area contributed by atoms with Crippen LogP contribution in [0.5, 0.6) is 0 Å². The summed E-state index contributed by atoms with van der Waals surface area (Å²) in [5.74, 6) is 0. The second-order valence-corrected chi connectivity index (χ2v) is 7.01. The van der Waals surface area contributed by atoms with Crippen molar-refractivity contribution in [2.75, 3.05) is 32.8 Å². The van der Waals surface area contributed by atoms with E-state index in [-0.39, 0.29) is 13.2 Å². The molecule has 0 heterocycles. The summed E-state index contributed by atoms with van der Waals surface area (Å²) in [4.78, 5) is 23.7. The monoisotopic (exact) mass is 371 g/mol. The van der Waals surface area contributed by atoms with Crippen molar-refractivity contribution in [3.05, 3.63) is 0 Å². The van der Waals surface area contributed by atoms with E-state index in [0.717, 1.165) is 6.54 Å². The summed E-state index contributed by atoms with van der Waals surface area (Å²) in [7, 11) is -4.64. The molecule has 24 heavy (non-hydrogen) atoms. The lowest BCUT2D eigenvalue weighted by molar-refractivity contribution is 0.159. The van der Waals surface area contributed by atoms with E-state index in [4.69, 9.17) is 29.5 Å². The quantitative estimate of drug-likeness (QED) is 0.221. The molecule has 0 atom stereocenters. The van der Waals surface area contributed by atoms with Crippen molar-refractivity contribution in [2.24, 2.45) is 0 Å². The van der Waals surface area contributed by atoms with Gasteiger partial charge in [0.05, 0.1) is 13.2 Å². The van der Waals surface area contributed by atoms with Gasteiger partial charge in [-0.2, -0.15) is 0 Å². The Balaban J connectivity index is 0. The maximum absolute atomic E-state index is 8.90. The predicted molar refractivity (Wildman–Crippen MR) is 96.7 cm³/mol. The molecular weight excluding hydrogens is 333 g/mol. The van der Waals surface area contributed by atoms with Crippen molar-refractivity contribution in [3.63, 3.8) is 0 Å². The van der Waals surface area contributed by atoms with E-state index in [0.29, 0.717) is 13.1 Å². The summed E-state index contributed by atoms with van der Waals surface area (Å²) < 4.78 is 8.88. The molecule has 0 aliphatic heterocycles. The van der Waals surface area contributed by atoms with Gasteiger partial charge in [0, 0.05) is 13.1 Å². The largest absolute Gasteiger partial charge is 0.466 e. The first-order valence-corrected chi connectivity index (χ1v) is 10.6. The molecule has 0 saturated carbocycles. The van der Waals surface area contributed by atoms with Crippen LogP contribution < -0.4 is 0 Å². The molecule has 7 nitrogen and oxygen atoms in total. The number of aliphatic hydroxyl groups is 2. The van der Waals surface area contributed by atoms with Gasteiger partial charge in [-0.1, -0.05) is 64.7 Å². The van der Waals surface area contributed by atoms with Crippen LogP contribution in [-0.4, -0.2) is 62.6 Å². The third-order valence-electron chi connectivity index (χ3n) is 3.66. The summed E-state index contributed by atoms with van der Waals surface area (Å²) in [6, 6.07) is 0. The molecule has 148 valence electrons. The summed E-state index contributed by atoms with van der Waals surface area (Å²) in [5.41, 5.74) is 0. The van der Waals surface area contributed by atoms with Crippen molar-refractivity contribution in [1.82, 2.24) is 4.90 Å². The van der Waals surface area contributed by atoms with Crippen molar-refractivity contribution >= 4 is 7.82 Å². The van der Waals surface area contributed by atoms with Crippen LogP contribution in [0, 0.1) is 0 Å².